The Kier molecular flexibility index (Phi) is 4.42. The predicted molar refractivity (Wildman–Crippen MR) is 98.1 cm³/mol. The first-order valence-electron chi connectivity index (χ1n) is 8.94. The topological polar surface area (TPSA) is 59.0 Å². The van der Waals surface area contributed by atoms with Crippen molar-refractivity contribution in [2.24, 2.45) is 0 Å². The molecule has 0 spiro atoms. The molecule has 26 heavy (non-hydrogen) atoms. The summed E-state index contributed by atoms with van der Waals surface area (Å²) in [6.07, 6.45) is 0.112. The lowest BCUT2D eigenvalue weighted by atomic mass is 9.98. The minimum atomic E-state index is -0.972. The molecule has 2 aromatic carbocycles. The zero-order valence-corrected chi connectivity index (χ0v) is 14.9. The molecule has 5 nitrogen and oxygen atoms in total. The van der Waals surface area contributed by atoms with Crippen molar-refractivity contribution in [3.05, 3.63) is 59.7 Å². The van der Waals surface area contributed by atoms with E-state index in [1.165, 1.54) is 27.2 Å². The number of carbonyl (C=O) groups is 1. The van der Waals surface area contributed by atoms with Gasteiger partial charge in [-0.15, -0.1) is 0 Å². The summed E-state index contributed by atoms with van der Waals surface area (Å²) in [7, 11) is 1.65. The number of amides is 1. The van der Waals surface area contributed by atoms with Crippen molar-refractivity contribution in [2.75, 3.05) is 33.4 Å². The summed E-state index contributed by atoms with van der Waals surface area (Å²) in [6.45, 7) is 1.28. The first-order valence-corrected chi connectivity index (χ1v) is 8.94. The second-order valence-electron chi connectivity index (χ2n) is 7.19. The Hall–Kier alpha value is -2.37. The van der Waals surface area contributed by atoms with Crippen molar-refractivity contribution in [1.82, 2.24) is 4.90 Å². The van der Waals surface area contributed by atoms with E-state index in [4.69, 9.17) is 9.47 Å². The zero-order chi connectivity index (χ0) is 18.1. The highest BCUT2D eigenvalue weighted by Crippen LogP contribution is 2.44. The number of rotatable bonds is 4. The third-order valence-electron chi connectivity index (χ3n) is 5.26. The lowest BCUT2D eigenvalue weighted by Crippen LogP contribution is -2.44. The average Bonchev–Trinajstić information content (AvgIpc) is 3.21. The number of aliphatic hydroxyl groups is 1. The zero-order valence-electron chi connectivity index (χ0n) is 14.9. The van der Waals surface area contributed by atoms with Crippen LogP contribution in [0.4, 0.5) is 4.79 Å². The lowest BCUT2D eigenvalue weighted by Gasteiger charge is -2.27. The van der Waals surface area contributed by atoms with Crippen LogP contribution in [0.5, 0.6) is 0 Å². The van der Waals surface area contributed by atoms with Gasteiger partial charge in [0, 0.05) is 26.0 Å². The molecule has 0 saturated carbocycles. The third kappa shape index (κ3) is 3.08. The molecule has 0 radical (unpaired) electrons. The van der Waals surface area contributed by atoms with E-state index in [-0.39, 0.29) is 25.7 Å². The number of hydrogen-bond donors (Lipinski definition) is 1. The molecule has 1 fully saturated rings. The van der Waals surface area contributed by atoms with Crippen molar-refractivity contribution in [3.63, 3.8) is 0 Å². The van der Waals surface area contributed by atoms with Gasteiger partial charge in [0.2, 0.25) is 0 Å². The van der Waals surface area contributed by atoms with Crippen LogP contribution in [0.3, 0.4) is 0 Å². The number of ether oxygens (including phenoxy) is 2. The molecule has 1 unspecified atom stereocenters. The molecule has 1 aliphatic carbocycles. The van der Waals surface area contributed by atoms with E-state index in [1.807, 2.05) is 24.3 Å². The number of likely N-dealkylation sites (N-methyl/N-ethyl adjacent to an activating group) is 1. The fourth-order valence-electron chi connectivity index (χ4n) is 3.93. The number of nitrogens with zero attached hydrogens (tertiary/aromatic N) is 1. The molecule has 0 bridgehead atoms. The van der Waals surface area contributed by atoms with E-state index in [9.17, 15) is 9.90 Å². The first kappa shape index (κ1) is 17.1. The summed E-state index contributed by atoms with van der Waals surface area (Å²) in [6, 6.07) is 16.5. The molecule has 2 aliphatic rings. The van der Waals surface area contributed by atoms with Crippen molar-refractivity contribution < 1.29 is 19.4 Å². The van der Waals surface area contributed by atoms with Crippen molar-refractivity contribution >= 4 is 6.09 Å². The molecular formula is C21H23NO4. The highest BCUT2D eigenvalue weighted by atomic mass is 16.6. The van der Waals surface area contributed by atoms with E-state index in [1.54, 1.807) is 7.05 Å². The molecule has 1 atom stereocenters. The van der Waals surface area contributed by atoms with Crippen LogP contribution in [-0.4, -0.2) is 55.1 Å². The van der Waals surface area contributed by atoms with Crippen molar-refractivity contribution in [2.45, 2.75) is 17.9 Å². The largest absolute Gasteiger partial charge is 0.448 e. The summed E-state index contributed by atoms with van der Waals surface area (Å²) >= 11 is 0. The normalized spacial score (nSPS) is 21.3. The van der Waals surface area contributed by atoms with Gasteiger partial charge in [-0.1, -0.05) is 48.5 Å². The second kappa shape index (κ2) is 6.74. The monoisotopic (exact) mass is 353 g/mol. The van der Waals surface area contributed by atoms with Gasteiger partial charge in [-0.2, -0.15) is 0 Å². The van der Waals surface area contributed by atoms with Gasteiger partial charge in [-0.3, -0.25) is 0 Å². The van der Waals surface area contributed by atoms with Gasteiger partial charge in [0.25, 0.3) is 0 Å². The fourth-order valence-corrected chi connectivity index (χ4v) is 3.93. The maximum atomic E-state index is 12.4. The maximum absolute atomic E-state index is 12.4. The number of fused-ring (bicyclic) bond motifs is 3. The summed E-state index contributed by atoms with van der Waals surface area (Å²) in [5.41, 5.74) is 3.81. The van der Waals surface area contributed by atoms with E-state index < -0.39 is 11.7 Å². The molecule has 4 rings (SSSR count). The molecule has 1 aliphatic heterocycles. The van der Waals surface area contributed by atoms with Gasteiger partial charge in [-0.25, -0.2) is 4.79 Å². The Morgan fingerprint density at radius 1 is 1.19 bits per heavy atom. The van der Waals surface area contributed by atoms with Crippen LogP contribution in [0.25, 0.3) is 11.1 Å². The van der Waals surface area contributed by atoms with E-state index in [2.05, 4.69) is 24.3 Å². The summed E-state index contributed by atoms with van der Waals surface area (Å²) in [5.74, 6) is 0.0395. The summed E-state index contributed by atoms with van der Waals surface area (Å²) < 4.78 is 10.8. The van der Waals surface area contributed by atoms with Crippen LogP contribution in [0.1, 0.15) is 23.5 Å². The molecular weight excluding hydrogens is 330 g/mol. The molecule has 5 heteroatoms. The molecule has 0 aromatic heterocycles. The van der Waals surface area contributed by atoms with E-state index >= 15 is 0 Å². The Labute approximate surface area is 153 Å². The minimum Gasteiger partial charge on any atom is -0.448 e. The predicted octanol–water partition coefficient (Wildman–Crippen LogP) is 3.02. The van der Waals surface area contributed by atoms with Crippen molar-refractivity contribution in [1.29, 1.82) is 0 Å². The Balaban J connectivity index is 1.45. The van der Waals surface area contributed by atoms with Crippen LogP contribution in [0, 0.1) is 0 Å². The highest BCUT2D eigenvalue weighted by molar-refractivity contribution is 5.79. The quantitative estimate of drug-likeness (QED) is 0.918. The number of hydrogen-bond acceptors (Lipinski definition) is 4. The third-order valence-corrected chi connectivity index (χ3v) is 5.26. The standard InChI is InChI=1S/C21H23NO4/c1-22(13-21(24)10-11-25-14-21)20(23)26-12-19-17-8-4-2-6-15(17)16-7-3-5-9-18(16)19/h2-9,19,24H,10-14H2,1H3. The van der Waals surface area contributed by atoms with Crippen LogP contribution in [-0.2, 0) is 9.47 Å². The number of benzene rings is 2. The van der Waals surface area contributed by atoms with E-state index in [0.717, 1.165) is 0 Å². The van der Waals surface area contributed by atoms with Gasteiger partial charge in [-0.05, 0) is 22.3 Å². The van der Waals surface area contributed by atoms with Gasteiger partial charge in [0.15, 0.2) is 0 Å². The van der Waals surface area contributed by atoms with Gasteiger partial charge < -0.3 is 19.5 Å². The molecule has 1 heterocycles. The molecule has 1 amide bonds. The maximum Gasteiger partial charge on any atom is 0.409 e. The average molecular weight is 353 g/mol. The molecule has 1 N–H and O–H groups in total. The second-order valence-corrected chi connectivity index (χ2v) is 7.19. The van der Waals surface area contributed by atoms with Crippen LogP contribution < -0.4 is 0 Å². The minimum absolute atomic E-state index is 0.0395. The first-order chi connectivity index (χ1) is 12.6. The lowest BCUT2D eigenvalue weighted by molar-refractivity contribution is -0.000567. The summed E-state index contributed by atoms with van der Waals surface area (Å²) in [4.78, 5) is 13.8. The SMILES string of the molecule is CN(CC1(O)CCOC1)C(=O)OCC1c2ccccc2-c2ccccc21. The van der Waals surface area contributed by atoms with E-state index in [0.29, 0.717) is 13.0 Å². The summed E-state index contributed by atoms with van der Waals surface area (Å²) in [5, 5.41) is 10.4. The Morgan fingerprint density at radius 3 is 2.38 bits per heavy atom. The van der Waals surface area contributed by atoms with Crippen molar-refractivity contribution in [3.8, 4) is 11.1 Å². The van der Waals surface area contributed by atoms with Crippen LogP contribution >= 0.6 is 0 Å². The van der Waals surface area contributed by atoms with Gasteiger partial charge in [0.1, 0.15) is 12.2 Å². The molecule has 2 aromatic rings. The van der Waals surface area contributed by atoms with Crippen LogP contribution in [0.2, 0.25) is 0 Å². The molecule has 1 saturated heterocycles. The smallest absolute Gasteiger partial charge is 0.409 e. The van der Waals surface area contributed by atoms with Crippen LogP contribution in [0.15, 0.2) is 48.5 Å². The Bertz CT molecular complexity index is 768. The van der Waals surface area contributed by atoms with Gasteiger partial charge in [0.05, 0.1) is 13.2 Å². The highest BCUT2D eigenvalue weighted by Gasteiger charge is 2.35. The fraction of sp³-hybridized carbons (Fsp3) is 0.381. The number of carbonyl (C=O) groups excluding carboxylic acids is 1. The van der Waals surface area contributed by atoms with Gasteiger partial charge >= 0.3 is 6.09 Å². The molecule has 136 valence electrons. The Morgan fingerprint density at radius 2 is 1.81 bits per heavy atom.